The van der Waals surface area contributed by atoms with Crippen LogP contribution in [0.4, 0.5) is 0 Å². The quantitative estimate of drug-likeness (QED) is 0.751. The average molecular weight is 372 g/mol. The number of carbonyl (C=O) groups excluding carboxylic acids is 1. The first-order valence-electron chi connectivity index (χ1n) is 7.14. The van der Waals surface area contributed by atoms with Crippen molar-refractivity contribution < 1.29 is 4.79 Å². The summed E-state index contributed by atoms with van der Waals surface area (Å²) in [5.74, 6) is -0.345. The molecule has 0 radical (unpaired) electrons. The Morgan fingerprint density at radius 1 is 1.35 bits per heavy atom. The highest BCUT2D eigenvalue weighted by Crippen LogP contribution is 2.60. The number of hydrogen-bond donors (Lipinski definition) is 0. The molecule has 6 heteroatoms. The highest BCUT2D eigenvalue weighted by atomic mass is 35.5. The first-order chi connectivity index (χ1) is 10.7. The van der Waals surface area contributed by atoms with E-state index >= 15 is 0 Å². The fourth-order valence-electron chi connectivity index (χ4n) is 2.97. The van der Waals surface area contributed by atoms with Crippen LogP contribution >= 0.6 is 34.8 Å². The Morgan fingerprint density at radius 2 is 1.91 bits per heavy atom. The summed E-state index contributed by atoms with van der Waals surface area (Å²) in [5.41, 5.74) is 0.508. The fraction of sp³-hybridized carbons (Fsp3) is 0.412. The summed E-state index contributed by atoms with van der Waals surface area (Å²) in [5, 5.41) is 10.1. The van der Waals surface area contributed by atoms with Crippen molar-refractivity contribution in [3.63, 3.8) is 0 Å². The van der Waals surface area contributed by atoms with Crippen LogP contribution in [-0.2, 0) is 4.79 Å². The molecule has 0 saturated heterocycles. The highest BCUT2D eigenvalue weighted by Gasteiger charge is 2.61. The first-order valence-corrected chi connectivity index (χ1v) is 8.28. The summed E-state index contributed by atoms with van der Waals surface area (Å²) in [6.07, 6.45) is 1.70. The lowest BCUT2D eigenvalue weighted by Gasteiger charge is -2.24. The Morgan fingerprint density at radius 3 is 2.39 bits per heavy atom. The van der Waals surface area contributed by atoms with Crippen LogP contribution in [-0.4, -0.2) is 17.9 Å². The molecule has 1 saturated carbocycles. The molecule has 0 aliphatic heterocycles. The van der Waals surface area contributed by atoms with Gasteiger partial charge in [-0.1, -0.05) is 60.8 Å². The molecule has 122 valence electrons. The zero-order valence-electron chi connectivity index (χ0n) is 13.1. The molecule has 0 N–H and O–H groups in total. The summed E-state index contributed by atoms with van der Waals surface area (Å²) in [7, 11) is 1.64. The van der Waals surface area contributed by atoms with Crippen molar-refractivity contribution in [2.45, 2.75) is 19.9 Å². The molecule has 0 heterocycles. The van der Waals surface area contributed by atoms with Crippen LogP contribution in [0.5, 0.6) is 0 Å². The topological polar surface area (TPSA) is 44.1 Å². The molecule has 1 aliphatic rings. The van der Waals surface area contributed by atoms with E-state index in [0.717, 1.165) is 5.56 Å². The van der Waals surface area contributed by atoms with Gasteiger partial charge in [-0.2, -0.15) is 5.26 Å². The third-order valence-electron chi connectivity index (χ3n) is 4.53. The Balaban J connectivity index is 2.20. The van der Waals surface area contributed by atoms with Crippen LogP contribution in [0.3, 0.4) is 0 Å². The van der Waals surface area contributed by atoms with Crippen molar-refractivity contribution in [2.24, 2.45) is 17.3 Å². The molecule has 2 rings (SSSR count). The van der Waals surface area contributed by atoms with E-state index in [2.05, 4.69) is 6.07 Å². The molecule has 3 unspecified atom stereocenters. The zero-order valence-corrected chi connectivity index (χ0v) is 15.3. The maximum Gasteiger partial charge on any atom is 0.227 e. The number of hydrogen-bond acceptors (Lipinski definition) is 2. The van der Waals surface area contributed by atoms with E-state index in [0.29, 0.717) is 5.02 Å². The van der Waals surface area contributed by atoms with Crippen LogP contribution in [0.2, 0.25) is 5.02 Å². The molecule has 1 aromatic carbocycles. The number of allylic oxidation sites excluding steroid dienone is 1. The second kappa shape index (κ2) is 6.73. The van der Waals surface area contributed by atoms with Crippen LogP contribution < -0.4 is 0 Å². The number of benzene rings is 1. The van der Waals surface area contributed by atoms with Gasteiger partial charge in [0, 0.05) is 12.1 Å². The van der Waals surface area contributed by atoms with E-state index < -0.39 is 6.04 Å². The maximum atomic E-state index is 12.8. The third-order valence-corrected chi connectivity index (χ3v) is 5.03. The monoisotopic (exact) mass is 370 g/mol. The predicted octanol–water partition coefficient (Wildman–Crippen LogP) is 4.95. The molecule has 1 amide bonds. The molecule has 1 fully saturated rings. The largest absolute Gasteiger partial charge is 0.325 e. The first kappa shape index (κ1) is 18.1. The lowest BCUT2D eigenvalue weighted by molar-refractivity contribution is -0.133. The number of amides is 1. The Bertz CT molecular complexity index is 672. The molecule has 23 heavy (non-hydrogen) atoms. The lowest BCUT2D eigenvalue weighted by atomic mass is 10.0. The van der Waals surface area contributed by atoms with Gasteiger partial charge in [-0.25, -0.2) is 0 Å². The van der Waals surface area contributed by atoms with Gasteiger partial charge < -0.3 is 4.90 Å². The van der Waals surface area contributed by atoms with Crippen molar-refractivity contribution in [1.29, 1.82) is 5.26 Å². The molecular weight excluding hydrogens is 355 g/mol. The Hall–Kier alpha value is -1.21. The smallest absolute Gasteiger partial charge is 0.227 e. The Labute approximate surface area is 151 Å². The van der Waals surface area contributed by atoms with Crippen LogP contribution in [0.15, 0.2) is 34.8 Å². The Kier molecular flexibility index (Phi) is 5.30. The number of halogens is 3. The minimum atomic E-state index is -0.660. The SMILES string of the molecule is CN(C(=O)C1C(C=C(Cl)Cl)C1(C)C)C(C#N)c1ccc(Cl)cc1. The van der Waals surface area contributed by atoms with E-state index in [-0.39, 0.29) is 27.6 Å². The molecular formula is C17H17Cl3N2O. The second-order valence-corrected chi connectivity index (χ2v) is 7.76. The van der Waals surface area contributed by atoms with Gasteiger partial charge in [-0.3, -0.25) is 4.79 Å². The summed E-state index contributed by atoms with van der Waals surface area (Å²) < 4.78 is 0.163. The van der Waals surface area contributed by atoms with Crippen molar-refractivity contribution in [1.82, 2.24) is 4.90 Å². The average Bonchev–Trinajstić information content (AvgIpc) is 3.00. The number of rotatable bonds is 4. The van der Waals surface area contributed by atoms with Crippen molar-refractivity contribution in [2.75, 3.05) is 7.05 Å². The van der Waals surface area contributed by atoms with Crippen LogP contribution in [0.1, 0.15) is 25.5 Å². The summed E-state index contributed by atoms with van der Waals surface area (Å²) in [6.45, 7) is 3.98. The normalized spacial score (nSPS) is 22.7. The van der Waals surface area contributed by atoms with Crippen molar-refractivity contribution >= 4 is 40.7 Å². The molecule has 1 aromatic rings. The summed E-state index contributed by atoms with van der Waals surface area (Å²) >= 11 is 17.3. The maximum absolute atomic E-state index is 12.8. The van der Waals surface area contributed by atoms with E-state index in [1.54, 1.807) is 37.4 Å². The number of nitrogens with zero attached hydrogens (tertiary/aromatic N) is 2. The lowest BCUT2D eigenvalue weighted by Crippen LogP contribution is -2.33. The predicted molar refractivity (Wildman–Crippen MR) is 93.1 cm³/mol. The number of carbonyl (C=O) groups is 1. The summed E-state index contributed by atoms with van der Waals surface area (Å²) in [6, 6.07) is 8.44. The molecule has 0 spiro atoms. The molecule has 3 nitrogen and oxygen atoms in total. The summed E-state index contributed by atoms with van der Waals surface area (Å²) in [4.78, 5) is 14.3. The van der Waals surface area contributed by atoms with E-state index in [1.807, 2.05) is 13.8 Å². The highest BCUT2D eigenvalue weighted by molar-refractivity contribution is 6.55. The van der Waals surface area contributed by atoms with E-state index in [1.165, 1.54) is 4.90 Å². The standard InChI is InChI=1S/C17H17Cl3N2O/c1-17(2)12(8-14(19)20)15(17)16(23)22(3)13(9-21)10-4-6-11(18)7-5-10/h4-8,12-13,15H,1-3H3. The van der Waals surface area contributed by atoms with E-state index in [9.17, 15) is 10.1 Å². The van der Waals surface area contributed by atoms with Gasteiger partial charge >= 0.3 is 0 Å². The van der Waals surface area contributed by atoms with Gasteiger partial charge in [0.1, 0.15) is 10.5 Å². The van der Waals surface area contributed by atoms with Crippen LogP contribution in [0.25, 0.3) is 0 Å². The van der Waals surface area contributed by atoms with Crippen molar-refractivity contribution in [3.8, 4) is 6.07 Å². The minimum Gasteiger partial charge on any atom is -0.325 e. The van der Waals surface area contributed by atoms with Crippen LogP contribution in [0, 0.1) is 28.6 Å². The van der Waals surface area contributed by atoms with Gasteiger partial charge in [-0.15, -0.1) is 0 Å². The molecule has 0 aromatic heterocycles. The molecule has 0 bridgehead atoms. The third kappa shape index (κ3) is 3.66. The van der Waals surface area contributed by atoms with E-state index in [4.69, 9.17) is 34.8 Å². The second-order valence-electron chi connectivity index (χ2n) is 6.31. The fourth-order valence-corrected chi connectivity index (χ4v) is 3.37. The number of nitriles is 1. The minimum absolute atomic E-state index is 0.0213. The molecule has 3 atom stereocenters. The van der Waals surface area contributed by atoms with Crippen molar-refractivity contribution in [3.05, 3.63) is 45.4 Å². The van der Waals surface area contributed by atoms with Gasteiger partial charge in [-0.05, 0) is 35.1 Å². The molecule has 1 aliphatic carbocycles. The van der Waals surface area contributed by atoms with Gasteiger partial charge in [0.25, 0.3) is 0 Å². The zero-order chi connectivity index (χ0) is 17.4. The van der Waals surface area contributed by atoms with Gasteiger partial charge in [0.2, 0.25) is 5.91 Å². The van der Waals surface area contributed by atoms with Gasteiger partial charge in [0.15, 0.2) is 0 Å². The van der Waals surface area contributed by atoms with Gasteiger partial charge in [0.05, 0.1) is 12.0 Å².